The summed E-state index contributed by atoms with van der Waals surface area (Å²) in [6, 6.07) is 21.7. The lowest BCUT2D eigenvalue weighted by Gasteiger charge is -2.23. The molecular formula is C25H16N2O4. The molecule has 1 unspecified atom stereocenters. The molecule has 1 aliphatic rings. The highest BCUT2D eigenvalue weighted by Gasteiger charge is 2.45. The largest absolute Gasteiger partial charge is 0.450 e. The first-order chi connectivity index (χ1) is 15.1. The fourth-order valence-corrected chi connectivity index (χ4v) is 4.41. The summed E-state index contributed by atoms with van der Waals surface area (Å²) in [4.78, 5) is 28.6. The quantitative estimate of drug-likeness (QED) is 0.411. The second-order valence-electron chi connectivity index (χ2n) is 7.61. The minimum atomic E-state index is -0.682. The summed E-state index contributed by atoms with van der Waals surface area (Å²) < 4.78 is 11.2. The van der Waals surface area contributed by atoms with Crippen molar-refractivity contribution >= 4 is 33.5 Å². The van der Waals surface area contributed by atoms with E-state index >= 15 is 0 Å². The Balaban J connectivity index is 1.72. The number of benzene rings is 3. The number of rotatable bonds is 2. The Morgan fingerprint density at radius 3 is 2.45 bits per heavy atom. The molecule has 0 spiro atoms. The molecule has 0 fully saturated rings. The lowest BCUT2D eigenvalue weighted by atomic mass is 9.94. The number of hydrogen-bond donors (Lipinski definition) is 0. The van der Waals surface area contributed by atoms with E-state index in [0.29, 0.717) is 28.1 Å². The Morgan fingerprint density at radius 1 is 0.903 bits per heavy atom. The molecule has 2 aromatic heterocycles. The third kappa shape index (κ3) is 2.48. The summed E-state index contributed by atoms with van der Waals surface area (Å²) in [5.74, 6) is 0.543. The van der Waals surface area contributed by atoms with Gasteiger partial charge in [-0.25, -0.2) is 0 Å². The molecule has 1 atom stereocenters. The number of carbonyl (C=O) groups excluding carboxylic acids is 1. The van der Waals surface area contributed by atoms with Gasteiger partial charge in [0.15, 0.2) is 11.2 Å². The molecule has 1 amide bonds. The highest BCUT2D eigenvalue weighted by Crippen LogP contribution is 2.42. The van der Waals surface area contributed by atoms with Crippen LogP contribution in [0, 0.1) is 6.92 Å². The Kier molecular flexibility index (Phi) is 3.65. The maximum absolute atomic E-state index is 13.6. The first-order valence-corrected chi connectivity index (χ1v) is 9.94. The molecule has 31 heavy (non-hydrogen) atoms. The van der Waals surface area contributed by atoms with Crippen LogP contribution in [0.15, 0.2) is 86.5 Å². The Bertz CT molecular complexity index is 1560. The predicted molar refractivity (Wildman–Crippen MR) is 116 cm³/mol. The molecule has 6 rings (SSSR count). The summed E-state index contributed by atoms with van der Waals surface area (Å²) in [5, 5.41) is 6.48. The number of anilines is 1. The van der Waals surface area contributed by atoms with E-state index in [0.717, 1.165) is 16.3 Å². The predicted octanol–water partition coefficient (Wildman–Crippen LogP) is 4.99. The molecule has 3 heterocycles. The molecule has 5 aromatic rings. The normalized spacial score (nSPS) is 15.7. The maximum Gasteiger partial charge on any atom is 0.296 e. The van der Waals surface area contributed by atoms with E-state index in [9.17, 15) is 9.59 Å². The lowest BCUT2D eigenvalue weighted by Crippen LogP contribution is -2.29. The lowest BCUT2D eigenvalue weighted by molar-refractivity contribution is 0.0969. The molecule has 6 nitrogen and oxygen atoms in total. The van der Waals surface area contributed by atoms with Gasteiger partial charge < -0.3 is 8.94 Å². The Hall–Kier alpha value is -4.19. The van der Waals surface area contributed by atoms with E-state index < -0.39 is 11.9 Å². The van der Waals surface area contributed by atoms with Crippen molar-refractivity contribution in [1.82, 2.24) is 5.16 Å². The van der Waals surface area contributed by atoms with Gasteiger partial charge in [0.05, 0.1) is 17.0 Å². The summed E-state index contributed by atoms with van der Waals surface area (Å²) in [7, 11) is 0. The van der Waals surface area contributed by atoms with Gasteiger partial charge in [-0.1, -0.05) is 59.8 Å². The molecule has 0 N–H and O–H groups in total. The summed E-state index contributed by atoms with van der Waals surface area (Å²) in [6.45, 7) is 1.76. The van der Waals surface area contributed by atoms with Crippen LogP contribution in [-0.2, 0) is 0 Å². The van der Waals surface area contributed by atoms with Crippen molar-refractivity contribution in [2.24, 2.45) is 0 Å². The van der Waals surface area contributed by atoms with Gasteiger partial charge in [-0.2, -0.15) is 0 Å². The standard InChI is InChI=1S/C25H16N2O4/c1-14-13-20(26-31-14)27-22(17-11-6-8-15-7-2-3-9-16(15)17)21-23(28)18-10-4-5-12-19(18)30-24(21)25(27)29/h2-13,22H,1H3. The van der Waals surface area contributed by atoms with Gasteiger partial charge in [-0.15, -0.1) is 0 Å². The third-order valence-corrected chi connectivity index (χ3v) is 5.76. The van der Waals surface area contributed by atoms with Crippen molar-refractivity contribution in [2.45, 2.75) is 13.0 Å². The van der Waals surface area contributed by atoms with Crippen molar-refractivity contribution in [1.29, 1.82) is 0 Å². The smallest absolute Gasteiger partial charge is 0.296 e. The van der Waals surface area contributed by atoms with Crippen LogP contribution in [0.4, 0.5) is 5.82 Å². The summed E-state index contributed by atoms with van der Waals surface area (Å²) in [5.41, 5.74) is 1.31. The first-order valence-electron chi connectivity index (χ1n) is 9.94. The monoisotopic (exact) mass is 408 g/mol. The zero-order chi connectivity index (χ0) is 21.1. The van der Waals surface area contributed by atoms with Crippen LogP contribution in [0.1, 0.15) is 33.5 Å². The molecule has 6 heteroatoms. The highest BCUT2D eigenvalue weighted by molar-refractivity contribution is 6.11. The molecular weight excluding hydrogens is 392 g/mol. The molecule has 0 saturated carbocycles. The number of aromatic nitrogens is 1. The molecule has 0 saturated heterocycles. The number of nitrogens with zero attached hydrogens (tertiary/aromatic N) is 2. The maximum atomic E-state index is 13.6. The number of amides is 1. The van der Waals surface area contributed by atoms with Crippen molar-refractivity contribution < 1.29 is 13.7 Å². The topological polar surface area (TPSA) is 76.6 Å². The molecule has 0 aliphatic carbocycles. The Morgan fingerprint density at radius 2 is 1.65 bits per heavy atom. The first kappa shape index (κ1) is 17.7. The molecule has 150 valence electrons. The zero-order valence-electron chi connectivity index (χ0n) is 16.5. The SMILES string of the molecule is Cc1cc(N2C(=O)c3oc4ccccc4c(=O)c3C2c2cccc3ccccc23)no1. The van der Waals surface area contributed by atoms with E-state index in [4.69, 9.17) is 8.94 Å². The average molecular weight is 408 g/mol. The van der Waals surface area contributed by atoms with Gasteiger partial charge in [-0.05, 0) is 35.4 Å². The van der Waals surface area contributed by atoms with Gasteiger partial charge in [0.2, 0.25) is 5.76 Å². The van der Waals surface area contributed by atoms with Crippen LogP contribution in [0.25, 0.3) is 21.7 Å². The van der Waals surface area contributed by atoms with Crippen molar-refractivity contribution in [2.75, 3.05) is 4.90 Å². The van der Waals surface area contributed by atoms with E-state index in [-0.39, 0.29) is 11.2 Å². The second-order valence-corrected chi connectivity index (χ2v) is 7.61. The van der Waals surface area contributed by atoms with Crippen LogP contribution in [0.2, 0.25) is 0 Å². The fraction of sp³-hybridized carbons (Fsp3) is 0.0800. The molecule has 0 radical (unpaired) electrons. The number of aryl methyl sites for hydroxylation is 1. The molecule has 0 bridgehead atoms. The second kappa shape index (κ2) is 6.40. The van der Waals surface area contributed by atoms with Gasteiger partial charge >= 0.3 is 0 Å². The summed E-state index contributed by atoms with van der Waals surface area (Å²) in [6.07, 6.45) is 0. The minimum absolute atomic E-state index is 0.0438. The van der Waals surface area contributed by atoms with Gasteiger partial charge in [-0.3, -0.25) is 14.5 Å². The van der Waals surface area contributed by atoms with Crippen molar-refractivity contribution in [3.63, 3.8) is 0 Å². The minimum Gasteiger partial charge on any atom is -0.450 e. The zero-order valence-corrected chi connectivity index (χ0v) is 16.5. The molecule has 1 aliphatic heterocycles. The number of carbonyl (C=O) groups is 1. The number of hydrogen-bond acceptors (Lipinski definition) is 5. The van der Waals surface area contributed by atoms with Gasteiger partial charge in [0.25, 0.3) is 5.91 Å². The van der Waals surface area contributed by atoms with Gasteiger partial charge in [0.1, 0.15) is 11.3 Å². The van der Waals surface area contributed by atoms with E-state index in [2.05, 4.69) is 5.16 Å². The van der Waals surface area contributed by atoms with E-state index in [1.165, 1.54) is 4.90 Å². The van der Waals surface area contributed by atoms with Crippen molar-refractivity contribution in [3.05, 3.63) is 106 Å². The fourth-order valence-electron chi connectivity index (χ4n) is 4.41. The van der Waals surface area contributed by atoms with Gasteiger partial charge in [0, 0.05) is 6.07 Å². The summed E-state index contributed by atoms with van der Waals surface area (Å²) >= 11 is 0. The van der Waals surface area contributed by atoms with E-state index in [1.54, 1.807) is 37.3 Å². The van der Waals surface area contributed by atoms with Crippen LogP contribution in [-0.4, -0.2) is 11.1 Å². The highest BCUT2D eigenvalue weighted by atomic mass is 16.5. The van der Waals surface area contributed by atoms with E-state index in [1.807, 2.05) is 42.5 Å². The van der Waals surface area contributed by atoms with Crippen LogP contribution in [0.5, 0.6) is 0 Å². The molecule has 3 aromatic carbocycles. The Labute approximate surface area is 176 Å². The van der Waals surface area contributed by atoms with Crippen LogP contribution in [0.3, 0.4) is 0 Å². The van der Waals surface area contributed by atoms with Crippen LogP contribution >= 0.6 is 0 Å². The third-order valence-electron chi connectivity index (χ3n) is 5.76. The van der Waals surface area contributed by atoms with Crippen molar-refractivity contribution in [3.8, 4) is 0 Å². The number of para-hydroxylation sites is 1. The number of fused-ring (bicyclic) bond motifs is 3. The average Bonchev–Trinajstić information content (AvgIpc) is 3.34. The van der Waals surface area contributed by atoms with Crippen LogP contribution < -0.4 is 10.3 Å².